The fourth-order valence-corrected chi connectivity index (χ4v) is 2.89. The first-order valence-corrected chi connectivity index (χ1v) is 8.75. The number of para-hydroxylation sites is 1. The Morgan fingerprint density at radius 2 is 1.69 bits per heavy atom. The molecular formula is C20H23N3O3. The second kappa shape index (κ2) is 9.12. The van der Waals surface area contributed by atoms with Crippen LogP contribution in [0.2, 0.25) is 0 Å². The molecular weight excluding hydrogens is 330 g/mol. The lowest BCUT2D eigenvalue weighted by molar-refractivity contribution is -0.136. The van der Waals surface area contributed by atoms with E-state index in [0.29, 0.717) is 25.4 Å². The lowest BCUT2D eigenvalue weighted by Crippen LogP contribution is -2.44. The number of morpholine rings is 1. The summed E-state index contributed by atoms with van der Waals surface area (Å²) in [6.07, 6.45) is 0.0435. The van der Waals surface area contributed by atoms with Crippen LogP contribution in [0.1, 0.15) is 11.7 Å². The van der Waals surface area contributed by atoms with Crippen LogP contribution >= 0.6 is 0 Å². The molecule has 3 rings (SSSR count). The Morgan fingerprint density at radius 3 is 2.42 bits per heavy atom. The summed E-state index contributed by atoms with van der Waals surface area (Å²) in [6, 6.07) is 19.0. The number of hydrogen-bond donors (Lipinski definition) is 2. The zero-order valence-corrected chi connectivity index (χ0v) is 14.6. The molecule has 0 radical (unpaired) electrons. The molecule has 2 N–H and O–H groups in total. The molecule has 1 atom stereocenters. The molecule has 1 saturated heterocycles. The van der Waals surface area contributed by atoms with Crippen molar-refractivity contribution in [1.82, 2.24) is 10.2 Å². The van der Waals surface area contributed by atoms with Crippen molar-refractivity contribution in [2.75, 3.05) is 38.1 Å². The highest BCUT2D eigenvalue weighted by molar-refractivity contribution is 6.39. The van der Waals surface area contributed by atoms with Gasteiger partial charge < -0.3 is 15.4 Å². The Balaban J connectivity index is 1.41. The standard InChI is InChI=1S/C20H23N3O3/c24-19(20(25)22-17-9-5-2-6-10-17)21-11-12-23-13-14-26-18(15-23)16-7-3-1-4-8-16/h1-10,18H,11-15H2,(H,21,24)(H,22,25)/t18-/m0/s1. The van der Waals surface area contributed by atoms with Crippen molar-refractivity contribution in [3.63, 3.8) is 0 Å². The molecule has 136 valence electrons. The summed E-state index contributed by atoms with van der Waals surface area (Å²) in [7, 11) is 0. The second-order valence-corrected chi connectivity index (χ2v) is 6.15. The quantitative estimate of drug-likeness (QED) is 0.805. The summed E-state index contributed by atoms with van der Waals surface area (Å²) in [4.78, 5) is 26.0. The van der Waals surface area contributed by atoms with E-state index >= 15 is 0 Å². The normalized spacial score (nSPS) is 17.5. The molecule has 1 fully saturated rings. The van der Waals surface area contributed by atoms with Gasteiger partial charge in [0.2, 0.25) is 0 Å². The van der Waals surface area contributed by atoms with Gasteiger partial charge >= 0.3 is 11.8 Å². The number of hydrogen-bond acceptors (Lipinski definition) is 4. The number of carbonyl (C=O) groups is 2. The molecule has 6 heteroatoms. The van der Waals surface area contributed by atoms with E-state index in [0.717, 1.165) is 18.7 Å². The van der Waals surface area contributed by atoms with Gasteiger partial charge in [-0.15, -0.1) is 0 Å². The molecule has 2 aromatic carbocycles. The number of rotatable bonds is 5. The van der Waals surface area contributed by atoms with Gasteiger partial charge in [-0.05, 0) is 17.7 Å². The molecule has 0 unspecified atom stereocenters. The first-order valence-electron chi connectivity index (χ1n) is 8.75. The Morgan fingerprint density at radius 1 is 1.00 bits per heavy atom. The number of ether oxygens (including phenoxy) is 1. The molecule has 0 aliphatic carbocycles. The molecule has 1 heterocycles. The molecule has 0 saturated carbocycles. The molecule has 0 bridgehead atoms. The monoisotopic (exact) mass is 353 g/mol. The van der Waals surface area contributed by atoms with Crippen molar-refractivity contribution in [1.29, 1.82) is 0 Å². The Kier molecular flexibility index (Phi) is 6.35. The lowest BCUT2D eigenvalue weighted by Gasteiger charge is -2.33. The van der Waals surface area contributed by atoms with E-state index in [4.69, 9.17) is 4.74 Å². The van der Waals surface area contributed by atoms with Crippen molar-refractivity contribution in [3.8, 4) is 0 Å². The maximum absolute atomic E-state index is 11.9. The van der Waals surface area contributed by atoms with Crippen molar-refractivity contribution >= 4 is 17.5 Å². The predicted molar refractivity (Wildman–Crippen MR) is 99.7 cm³/mol. The minimum absolute atomic E-state index is 0.0435. The summed E-state index contributed by atoms with van der Waals surface area (Å²) >= 11 is 0. The third-order valence-electron chi connectivity index (χ3n) is 4.27. The largest absolute Gasteiger partial charge is 0.371 e. The molecule has 1 aliphatic rings. The highest BCUT2D eigenvalue weighted by Gasteiger charge is 2.22. The highest BCUT2D eigenvalue weighted by atomic mass is 16.5. The fraction of sp³-hybridized carbons (Fsp3) is 0.300. The van der Waals surface area contributed by atoms with E-state index in [9.17, 15) is 9.59 Å². The van der Waals surface area contributed by atoms with E-state index in [1.165, 1.54) is 0 Å². The maximum Gasteiger partial charge on any atom is 0.313 e. The van der Waals surface area contributed by atoms with Crippen LogP contribution in [0.15, 0.2) is 60.7 Å². The SMILES string of the molecule is O=C(NCCN1CCO[C@H](c2ccccc2)C1)C(=O)Nc1ccccc1. The van der Waals surface area contributed by atoms with Crippen LogP contribution < -0.4 is 10.6 Å². The average molecular weight is 353 g/mol. The van der Waals surface area contributed by atoms with Gasteiger partial charge in [-0.2, -0.15) is 0 Å². The van der Waals surface area contributed by atoms with Crippen molar-refractivity contribution < 1.29 is 14.3 Å². The topological polar surface area (TPSA) is 70.7 Å². The van der Waals surface area contributed by atoms with Crippen molar-refractivity contribution in [2.24, 2.45) is 0 Å². The van der Waals surface area contributed by atoms with Crippen LogP contribution in [0, 0.1) is 0 Å². The van der Waals surface area contributed by atoms with E-state index in [1.54, 1.807) is 24.3 Å². The van der Waals surface area contributed by atoms with E-state index < -0.39 is 11.8 Å². The Bertz CT molecular complexity index is 722. The van der Waals surface area contributed by atoms with Crippen LogP contribution in [0.5, 0.6) is 0 Å². The van der Waals surface area contributed by atoms with Gasteiger partial charge in [0.15, 0.2) is 0 Å². The van der Waals surface area contributed by atoms with E-state index in [2.05, 4.69) is 27.7 Å². The average Bonchev–Trinajstić information content (AvgIpc) is 2.69. The molecule has 26 heavy (non-hydrogen) atoms. The predicted octanol–water partition coefficient (Wildman–Crippen LogP) is 1.81. The zero-order chi connectivity index (χ0) is 18.2. The number of amides is 2. The smallest absolute Gasteiger partial charge is 0.313 e. The van der Waals surface area contributed by atoms with Gasteiger partial charge in [-0.25, -0.2) is 0 Å². The molecule has 6 nitrogen and oxygen atoms in total. The van der Waals surface area contributed by atoms with Crippen molar-refractivity contribution in [2.45, 2.75) is 6.10 Å². The van der Waals surface area contributed by atoms with Crippen LogP contribution in [0.3, 0.4) is 0 Å². The summed E-state index contributed by atoms with van der Waals surface area (Å²) in [5, 5.41) is 5.25. The van der Waals surface area contributed by atoms with Gasteiger partial charge in [0.25, 0.3) is 0 Å². The third kappa shape index (κ3) is 5.15. The van der Waals surface area contributed by atoms with Crippen molar-refractivity contribution in [3.05, 3.63) is 66.2 Å². The number of nitrogens with one attached hydrogen (secondary N) is 2. The Hall–Kier alpha value is -2.70. The first-order chi connectivity index (χ1) is 12.7. The van der Waals surface area contributed by atoms with Gasteiger partial charge in [0, 0.05) is 31.9 Å². The molecule has 1 aliphatic heterocycles. The third-order valence-corrected chi connectivity index (χ3v) is 4.27. The second-order valence-electron chi connectivity index (χ2n) is 6.15. The number of benzene rings is 2. The highest BCUT2D eigenvalue weighted by Crippen LogP contribution is 2.21. The zero-order valence-electron chi connectivity index (χ0n) is 14.6. The molecule has 2 amide bonds. The van der Waals surface area contributed by atoms with E-state index in [1.807, 2.05) is 24.3 Å². The van der Waals surface area contributed by atoms with Gasteiger partial charge in [-0.1, -0.05) is 48.5 Å². The minimum Gasteiger partial charge on any atom is -0.371 e. The number of carbonyl (C=O) groups excluding carboxylic acids is 2. The summed E-state index contributed by atoms with van der Waals surface area (Å²) < 4.78 is 5.83. The first kappa shape index (κ1) is 18.1. The van der Waals surface area contributed by atoms with Crippen LogP contribution in [-0.2, 0) is 14.3 Å². The molecule has 0 aromatic heterocycles. The van der Waals surface area contributed by atoms with Crippen LogP contribution in [0.4, 0.5) is 5.69 Å². The molecule has 0 spiro atoms. The summed E-state index contributed by atoms with van der Waals surface area (Å²) in [5.74, 6) is -1.28. The Labute approximate surface area is 153 Å². The van der Waals surface area contributed by atoms with Crippen LogP contribution in [-0.4, -0.2) is 49.5 Å². The maximum atomic E-state index is 11.9. The summed E-state index contributed by atoms with van der Waals surface area (Å²) in [5.41, 5.74) is 1.76. The number of anilines is 1. The van der Waals surface area contributed by atoms with Gasteiger partial charge in [0.05, 0.1) is 12.7 Å². The minimum atomic E-state index is -0.652. The lowest BCUT2D eigenvalue weighted by atomic mass is 10.1. The van der Waals surface area contributed by atoms with Gasteiger partial charge in [-0.3, -0.25) is 14.5 Å². The van der Waals surface area contributed by atoms with E-state index in [-0.39, 0.29) is 6.10 Å². The summed E-state index contributed by atoms with van der Waals surface area (Å²) in [6.45, 7) is 3.34. The number of nitrogens with zero attached hydrogens (tertiary/aromatic N) is 1. The fourth-order valence-electron chi connectivity index (χ4n) is 2.89. The van der Waals surface area contributed by atoms with Gasteiger partial charge in [0.1, 0.15) is 0 Å². The van der Waals surface area contributed by atoms with Crippen LogP contribution in [0.25, 0.3) is 0 Å². The molecule has 2 aromatic rings.